The molecule has 0 bridgehead atoms. The molecule has 1 spiro atoms. The molecular weight excluding hydrogens is 314 g/mol. The van der Waals surface area contributed by atoms with Gasteiger partial charge in [0.25, 0.3) is 0 Å². The third kappa shape index (κ3) is 4.03. The van der Waals surface area contributed by atoms with Crippen LogP contribution < -0.4 is 5.73 Å². The van der Waals surface area contributed by atoms with Gasteiger partial charge in [0.1, 0.15) is 0 Å². The first-order chi connectivity index (χ1) is 12.0. The van der Waals surface area contributed by atoms with Gasteiger partial charge in [-0.25, -0.2) is 0 Å². The van der Waals surface area contributed by atoms with E-state index < -0.39 is 0 Å². The zero-order valence-electron chi connectivity index (χ0n) is 15.1. The number of benzene rings is 1. The van der Waals surface area contributed by atoms with E-state index in [0.717, 1.165) is 57.5 Å². The number of rotatable bonds is 5. The fourth-order valence-corrected chi connectivity index (χ4v) is 4.38. The van der Waals surface area contributed by atoms with Gasteiger partial charge in [-0.3, -0.25) is 9.59 Å². The molecule has 5 nitrogen and oxygen atoms in total. The second-order valence-corrected chi connectivity index (χ2v) is 7.58. The van der Waals surface area contributed by atoms with Gasteiger partial charge in [0.2, 0.25) is 11.8 Å². The number of piperidine rings is 2. The van der Waals surface area contributed by atoms with Crippen LogP contribution in [-0.4, -0.2) is 54.3 Å². The Morgan fingerprint density at radius 1 is 1.24 bits per heavy atom. The molecule has 2 aliphatic rings. The Balaban J connectivity index is 1.71. The average molecular weight is 343 g/mol. The molecule has 2 heterocycles. The number of likely N-dealkylation sites (tertiary alicyclic amines) is 2. The van der Waals surface area contributed by atoms with E-state index in [4.69, 9.17) is 5.73 Å². The normalized spacial score (nSPS) is 23.8. The summed E-state index contributed by atoms with van der Waals surface area (Å²) in [5, 5.41) is 0. The van der Waals surface area contributed by atoms with E-state index in [-0.39, 0.29) is 23.1 Å². The van der Waals surface area contributed by atoms with Crippen molar-refractivity contribution in [2.24, 2.45) is 11.1 Å². The molecule has 2 aliphatic heterocycles. The van der Waals surface area contributed by atoms with Crippen molar-refractivity contribution in [2.75, 3.05) is 32.7 Å². The van der Waals surface area contributed by atoms with Crippen LogP contribution in [0.4, 0.5) is 0 Å². The number of nitrogens with two attached hydrogens (primary N) is 1. The maximum Gasteiger partial charge on any atom is 0.230 e. The molecule has 1 unspecified atom stereocenters. The van der Waals surface area contributed by atoms with E-state index in [1.807, 2.05) is 23.1 Å². The molecule has 5 heteroatoms. The van der Waals surface area contributed by atoms with Crippen molar-refractivity contribution in [1.29, 1.82) is 0 Å². The van der Waals surface area contributed by atoms with Crippen molar-refractivity contribution in [2.45, 2.75) is 38.5 Å². The second-order valence-electron chi connectivity index (χ2n) is 7.58. The highest BCUT2D eigenvalue weighted by atomic mass is 16.2. The van der Waals surface area contributed by atoms with Crippen LogP contribution in [0.2, 0.25) is 0 Å². The molecule has 2 N–H and O–H groups in total. The van der Waals surface area contributed by atoms with Crippen molar-refractivity contribution in [1.82, 2.24) is 9.80 Å². The molecule has 1 aromatic rings. The Kier molecular flexibility index (Phi) is 5.42. The number of carbonyl (C=O) groups excluding carboxylic acids is 2. The summed E-state index contributed by atoms with van der Waals surface area (Å²) in [4.78, 5) is 28.3. The first-order valence-corrected chi connectivity index (χ1v) is 9.37. The van der Waals surface area contributed by atoms with Gasteiger partial charge in [0, 0.05) is 26.1 Å². The fourth-order valence-electron chi connectivity index (χ4n) is 4.38. The standard InChI is InChI=1S/C20H29N3O2/c1-2-23-15-20(9-12-22(13-10-20)11-8-18(21)24)14-17(19(23)25)16-6-4-3-5-7-16/h3-7,17H,2,8-15H2,1H3,(H2,21,24). The molecule has 2 saturated heterocycles. The molecule has 0 saturated carbocycles. The third-order valence-corrected chi connectivity index (χ3v) is 5.95. The Hall–Kier alpha value is -1.88. The summed E-state index contributed by atoms with van der Waals surface area (Å²) in [6.45, 7) is 6.44. The lowest BCUT2D eigenvalue weighted by Gasteiger charge is -2.49. The minimum absolute atomic E-state index is 0.0212. The van der Waals surface area contributed by atoms with Crippen LogP contribution in [0.25, 0.3) is 0 Å². The molecule has 0 aromatic heterocycles. The zero-order chi connectivity index (χ0) is 17.9. The van der Waals surface area contributed by atoms with Crippen LogP contribution in [0, 0.1) is 5.41 Å². The van der Waals surface area contributed by atoms with Crippen LogP contribution in [-0.2, 0) is 9.59 Å². The Labute approximate surface area is 150 Å². The monoisotopic (exact) mass is 343 g/mol. The van der Waals surface area contributed by atoms with Gasteiger partial charge in [-0.1, -0.05) is 30.3 Å². The van der Waals surface area contributed by atoms with Gasteiger partial charge in [-0.15, -0.1) is 0 Å². The summed E-state index contributed by atoms with van der Waals surface area (Å²) in [6.07, 6.45) is 3.53. The molecule has 25 heavy (non-hydrogen) atoms. The first kappa shape index (κ1) is 17.9. The van der Waals surface area contributed by atoms with E-state index in [0.29, 0.717) is 6.42 Å². The Morgan fingerprint density at radius 3 is 2.52 bits per heavy atom. The van der Waals surface area contributed by atoms with Gasteiger partial charge in [-0.2, -0.15) is 0 Å². The average Bonchev–Trinajstić information content (AvgIpc) is 2.64. The molecule has 0 radical (unpaired) electrons. The van der Waals surface area contributed by atoms with Crippen LogP contribution >= 0.6 is 0 Å². The molecule has 2 amide bonds. The molecule has 0 aliphatic carbocycles. The summed E-state index contributed by atoms with van der Waals surface area (Å²) >= 11 is 0. The second kappa shape index (κ2) is 7.56. The largest absolute Gasteiger partial charge is 0.370 e. The smallest absolute Gasteiger partial charge is 0.230 e. The van der Waals surface area contributed by atoms with Crippen molar-refractivity contribution in [3.8, 4) is 0 Å². The molecule has 1 atom stereocenters. The van der Waals surface area contributed by atoms with E-state index in [9.17, 15) is 9.59 Å². The zero-order valence-corrected chi connectivity index (χ0v) is 15.1. The van der Waals surface area contributed by atoms with Gasteiger partial charge >= 0.3 is 0 Å². The maximum absolute atomic E-state index is 12.9. The summed E-state index contributed by atoms with van der Waals surface area (Å²) in [7, 11) is 0. The van der Waals surface area contributed by atoms with Gasteiger partial charge in [0.15, 0.2) is 0 Å². The maximum atomic E-state index is 12.9. The van der Waals surface area contributed by atoms with Crippen molar-refractivity contribution in [3.05, 3.63) is 35.9 Å². The SMILES string of the molecule is CCN1CC2(CCN(CCC(N)=O)CC2)CC(c2ccccc2)C1=O. The van der Waals surface area contributed by atoms with E-state index in [2.05, 4.69) is 24.0 Å². The Morgan fingerprint density at radius 2 is 1.92 bits per heavy atom. The number of carbonyl (C=O) groups is 2. The molecule has 3 rings (SSSR count). The van der Waals surface area contributed by atoms with Gasteiger partial charge in [0.05, 0.1) is 5.92 Å². The first-order valence-electron chi connectivity index (χ1n) is 9.37. The number of primary amides is 1. The van der Waals surface area contributed by atoms with Crippen molar-refractivity contribution in [3.63, 3.8) is 0 Å². The molecule has 136 valence electrons. The summed E-state index contributed by atoms with van der Waals surface area (Å²) in [5.74, 6) is 0.0207. The predicted molar refractivity (Wildman–Crippen MR) is 98.0 cm³/mol. The van der Waals surface area contributed by atoms with Crippen molar-refractivity contribution < 1.29 is 9.59 Å². The number of nitrogens with zero attached hydrogens (tertiary/aromatic N) is 2. The lowest BCUT2D eigenvalue weighted by Crippen LogP contribution is -2.54. The molecular formula is C20H29N3O2. The van der Waals surface area contributed by atoms with Crippen LogP contribution in [0.5, 0.6) is 0 Å². The highest BCUT2D eigenvalue weighted by molar-refractivity contribution is 5.84. The highest BCUT2D eigenvalue weighted by Gasteiger charge is 2.45. The fraction of sp³-hybridized carbons (Fsp3) is 0.600. The lowest BCUT2D eigenvalue weighted by atomic mass is 9.67. The summed E-state index contributed by atoms with van der Waals surface area (Å²) < 4.78 is 0. The number of amides is 2. The van der Waals surface area contributed by atoms with Gasteiger partial charge < -0.3 is 15.5 Å². The minimum Gasteiger partial charge on any atom is -0.370 e. The van der Waals surface area contributed by atoms with Crippen LogP contribution in [0.1, 0.15) is 44.1 Å². The number of hydrogen-bond acceptors (Lipinski definition) is 3. The summed E-state index contributed by atoms with van der Waals surface area (Å²) in [6, 6.07) is 10.2. The van der Waals surface area contributed by atoms with Crippen molar-refractivity contribution >= 4 is 11.8 Å². The highest BCUT2D eigenvalue weighted by Crippen LogP contribution is 2.45. The van der Waals surface area contributed by atoms with Gasteiger partial charge in [-0.05, 0) is 50.3 Å². The molecule has 1 aromatic carbocycles. The third-order valence-electron chi connectivity index (χ3n) is 5.95. The van der Waals surface area contributed by atoms with E-state index in [1.54, 1.807) is 0 Å². The van der Waals surface area contributed by atoms with Crippen LogP contribution in [0.15, 0.2) is 30.3 Å². The van der Waals surface area contributed by atoms with E-state index >= 15 is 0 Å². The lowest BCUT2D eigenvalue weighted by molar-refractivity contribution is -0.141. The Bertz CT molecular complexity index is 609. The van der Waals surface area contributed by atoms with Crippen LogP contribution in [0.3, 0.4) is 0 Å². The molecule has 2 fully saturated rings. The quantitative estimate of drug-likeness (QED) is 0.889. The predicted octanol–water partition coefficient (Wildman–Crippen LogP) is 1.98. The number of hydrogen-bond donors (Lipinski definition) is 1. The minimum atomic E-state index is -0.232. The summed E-state index contributed by atoms with van der Waals surface area (Å²) in [5.41, 5.74) is 6.61. The van der Waals surface area contributed by atoms with E-state index in [1.165, 1.54) is 0 Å². The topological polar surface area (TPSA) is 66.6 Å². The number of likely N-dealkylation sites (N-methyl/N-ethyl adjacent to an activating group) is 1.